The van der Waals surface area contributed by atoms with Gasteiger partial charge in [-0.1, -0.05) is 47.6 Å². The summed E-state index contributed by atoms with van der Waals surface area (Å²) in [6, 6.07) is 9.12. The molecule has 0 atom stereocenters. The van der Waals surface area contributed by atoms with Crippen molar-refractivity contribution in [1.82, 2.24) is 5.43 Å². The molecule has 7 heteroatoms. The molecule has 0 heterocycles. The first-order valence-electron chi connectivity index (χ1n) is 9.26. The number of phenolic OH excluding ortho intramolecular Hbond substituents is 1. The maximum absolute atomic E-state index is 12.2. The van der Waals surface area contributed by atoms with Gasteiger partial charge in [-0.2, -0.15) is 5.10 Å². The number of non-ortho nitro benzene ring substituents is 1. The van der Waals surface area contributed by atoms with E-state index in [4.69, 9.17) is 0 Å². The van der Waals surface area contributed by atoms with Gasteiger partial charge in [-0.05, 0) is 34.6 Å². The predicted molar refractivity (Wildman–Crippen MR) is 114 cm³/mol. The van der Waals surface area contributed by atoms with Gasteiger partial charge in [0.1, 0.15) is 5.75 Å². The van der Waals surface area contributed by atoms with Crippen LogP contribution in [0.25, 0.3) is 0 Å². The van der Waals surface area contributed by atoms with Crippen molar-refractivity contribution < 1.29 is 14.8 Å². The zero-order chi connectivity index (χ0) is 22.0. The van der Waals surface area contributed by atoms with Gasteiger partial charge in [0.15, 0.2) is 0 Å². The molecule has 0 aromatic heterocycles. The molecule has 0 bridgehead atoms. The molecule has 2 N–H and O–H groups in total. The van der Waals surface area contributed by atoms with Crippen molar-refractivity contribution in [1.29, 1.82) is 0 Å². The summed E-state index contributed by atoms with van der Waals surface area (Å²) >= 11 is 0. The lowest BCUT2D eigenvalue weighted by molar-refractivity contribution is -0.384. The zero-order valence-corrected chi connectivity index (χ0v) is 17.6. The van der Waals surface area contributed by atoms with Gasteiger partial charge in [0.25, 0.3) is 11.6 Å². The van der Waals surface area contributed by atoms with Crippen LogP contribution in [0.15, 0.2) is 41.5 Å². The summed E-state index contributed by atoms with van der Waals surface area (Å²) in [4.78, 5) is 22.5. The van der Waals surface area contributed by atoms with Crippen LogP contribution in [0.3, 0.4) is 0 Å². The average Bonchev–Trinajstić information content (AvgIpc) is 2.60. The van der Waals surface area contributed by atoms with Crippen molar-refractivity contribution >= 4 is 17.8 Å². The highest BCUT2D eigenvalue weighted by molar-refractivity contribution is 5.95. The minimum atomic E-state index is -0.557. The Hall–Kier alpha value is -3.22. The zero-order valence-electron chi connectivity index (χ0n) is 17.6. The topological polar surface area (TPSA) is 105 Å². The van der Waals surface area contributed by atoms with Crippen molar-refractivity contribution in [2.75, 3.05) is 0 Å². The van der Waals surface area contributed by atoms with E-state index in [2.05, 4.69) is 10.5 Å². The first-order chi connectivity index (χ1) is 13.3. The molecule has 0 radical (unpaired) electrons. The second-order valence-corrected chi connectivity index (χ2v) is 8.97. The highest BCUT2D eigenvalue weighted by Gasteiger charge is 2.26. The Morgan fingerprint density at radius 2 is 1.62 bits per heavy atom. The minimum absolute atomic E-state index is 0.146. The SMILES string of the molecule is CC(C)(C)c1cc(C=NNC(=O)c2cccc([N+](=O)[O-])c2)cc(C(C)(C)C)c1O. The van der Waals surface area contributed by atoms with Gasteiger partial charge < -0.3 is 5.11 Å². The summed E-state index contributed by atoms with van der Waals surface area (Å²) in [7, 11) is 0. The fourth-order valence-corrected chi connectivity index (χ4v) is 2.87. The Morgan fingerprint density at radius 3 is 2.10 bits per heavy atom. The van der Waals surface area contributed by atoms with Gasteiger partial charge in [-0.25, -0.2) is 5.43 Å². The van der Waals surface area contributed by atoms with Crippen molar-refractivity contribution in [2.45, 2.75) is 52.4 Å². The molecule has 2 aromatic rings. The molecule has 0 saturated carbocycles. The summed E-state index contributed by atoms with van der Waals surface area (Å²) < 4.78 is 0. The lowest BCUT2D eigenvalue weighted by Crippen LogP contribution is -2.19. The second kappa shape index (κ2) is 8.03. The number of carbonyl (C=O) groups is 1. The van der Waals surface area contributed by atoms with E-state index < -0.39 is 10.8 Å². The number of nitro groups is 1. The largest absolute Gasteiger partial charge is 0.507 e. The highest BCUT2D eigenvalue weighted by Crippen LogP contribution is 2.39. The Morgan fingerprint density at radius 1 is 1.07 bits per heavy atom. The van der Waals surface area contributed by atoms with E-state index in [1.54, 1.807) is 0 Å². The number of nitrogens with one attached hydrogen (secondary N) is 1. The number of hydrazone groups is 1. The van der Waals surface area contributed by atoms with Crippen LogP contribution in [-0.2, 0) is 10.8 Å². The van der Waals surface area contributed by atoms with Gasteiger partial charge in [0, 0.05) is 28.8 Å². The van der Waals surface area contributed by atoms with E-state index in [1.165, 1.54) is 30.5 Å². The van der Waals surface area contributed by atoms with Crippen molar-refractivity contribution in [2.24, 2.45) is 5.10 Å². The molecule has 7 nitrogen and oxygen atoms in total. The number of nitro benzene ring substituents is 1. The number of nitrogens with zero attached hydrogens (tertiary/aromatic N) is 2. The monoisotopic (exact) mass is 397 g/mol. The molecule has 0 unspecified atom stereocenters. The molecule has 0 aliphatic carbocycles. The summed E-state index contributed by atoms with van der Waals surface area (Å²) in [6.07, 6.45) is 1.50. The molecular weight excluding hydrogens is 370 g/mol. The van der Waals surface area contributed by atoms with E-state index in [0.29, 0.717) is 0 Å². The third-order valence-corrected chi connectivity index (χ3v) is 4.45. The van der Waals surface area contributed by atoms with Gasteiger partial charge in [-0.15, -0.1) is 0 Å². The van der Waals surface area contributed by atoms with Gasteiger partial charge in [0.05, 0.1) is 11.1 Å². The molecule has 0 aliphatic rings. The standard InChI is InChI=1S/C22H27N3O4/c1-21(2,3)17-10-14(11-18(19(17)26)22(4,5)6)13-23-24-20(27)15-8-7-9-16(12-15)25(28)29/h7-13,26H,1-6H3,(H,24,27). The number of benzene rings is 2. The molecule has 1 amide bonds. The molecule has 0 spiro atoms. The van der Waals surface area contributed by atoms with Crippen LogP contribution < -0.4 is 5.43 Å². The third kappa shape index (κ3) is 5.40. The fraction of sp³-hybridized carbons (Fsp3) is 0.364. The van der Waals surface area contributed by atoms with Crippen LogP contribution in [0, 0.1) is 10.1 Å². The quantitative estimate of drug-likeness (QED) is 0.445. The first-order valence-corrected chi connectivity index (χ1v) is 9.26. The number of rotatable bonds is 4. The van der Waals surface area contributed by atoms with Crippen LogP contribution in [0.2, 0.25) is 0 Å². The van der Waals surface area contributed by atoms with Crippen LogP contribution >= 0.6 is 0 Å². The third-order valence-electron chi connectivity index (χ3n) is 4.45. The van der Waals surface area contributed by atoms with Crippen LogP contribution in [0.5, 0.6) is 5.75 Å². The average molecular weight is 397 g/mol. The number of hydrogen-bond donors (Lipinski definition) is 2. The summed E-state index contributed by atoms with van der Waals surface area (Å²) in [5, 5.41) is 25.6. The molecule has 2 aromatic carbocycles. The van der Waals surface area contributed by atoms with Crippen LogP contribution in [0.4, 0.5) is 5.69 Å². The number of hydrogen-bond acceptors (Lipinski definition) is 5. The predicted octanol–water partition coefficient (Wildman–Crippen LogP) is 4.66. The number of phenols is 1. The number of carbonyl (C=O) groups excluding carboxylic acids is 1. The molecule has 0 aliphatic heterocycles. The van der Waals surface area contributed by atoms with Crippen molar-refractivity contribution in [3.8, 4) is 5.75 Å². The van der Waals surface area contributed by atoms with Gasteiger partial charge >= 0.3 is 0 Å². The van der Waals surface area contributed by atoms with Gasteiger partial charge in [-0.3, -0.25) is 14.9 Å². The van der Waals surface area contributed by atoms with Crippen molar-refractivity contribution in [3.63, 3.8) is 0 Å². The van der Waals surface area contributed by atoms with Crippen LogP contribution in [-0.4, -0.2) is 22.2 Å². The Kier molecular flexibility index (Phi) is 6.11. The summed E-state index contributed by atoms with van der Waals surface area (Å²) in [5.41, 5.74) is 4.13. The van der Waals surface area contributed by atoms with E-state index in [-0.39, 0.29) is 27.8 Å². The maximum Gasteiger partial charge on any atom is 0.271 e. The van der Waals surface area contributed by atoms with E-state index in [9.17, 15) is 20.0 Å². The Bertz CT molecular complexity index is 932. The highest BCUT2D eigenvalue weighted by atomic mass is 16.6. The van der Waals surface area contributed by atoms with E-state index in [1.807, 2.05) is 53.7 Å². The first kappa shape index (κ1) is 22.1. The number of aromatic hydroxyl groups is 1. The molecule has 154 valence electrons. The van der Waals surface area contributed by atoms with Gasteiger partial charge in [0.2, 0.25) is 0 Å². The maximum atomic E-state index is 12.2. The van der Waals surface area contributed by atoms with Crippen LogP contribution in [0.1, 0.15) is 68.6 Å². The summed E-state index contributed by atoms with van der Waals surface area (Å²) in [6.45, 7) is 12.1. The normalized spacial score (nSPS) is 12.2. The van der Waals surface area contributed by atoms with E-state index >= 15 is 0 Å². The fourth-order valence-electron chi connectivity index (χ4n) is 2.87. The lowest BCUT2D eigenvalue weighted by atomic mass is 9.78. The minimum Gasteiger partial charge on any atom is -0.507 e. The number of amides is 1. The smallest absolute Gasteiger partial charge is 0.271 e. The molecule has 0 fully saturated rings. The second-order valence-electron chi connectivity index (χ2n) is 8.97. The molecule has 29 heavy (non-hydrogen) atoms. The molecule has 0 saturated heterocycles. The Labute approximate surface area is 170 Å². The molecular formula is C22H27N3O4. The molecule has 2 rings (SSSR count). The van der Waals surface area contributed by atoms with Crippen molar-refractivity contribution in [3.05, 3.63) is 68.8 Å². The lowest BCUT2D eigenvalue weighted by Gasteiger charge is -2.27. The van der Waals surface area contributed by atoms with E-state index in [0.717, 1.165) is 16.7 Å². The summed E-state index contributed by atoms with van der Waals surface area (Å²) in [5.74, 6) is -0.279. The Balaban J connectivity index is 2.31.